The molecule has 8 heteroatoms. The summed E-state index contributed by atoms with van der Waals surface area (Å²) in [7, 11) is 0. The number of aromatic nitrogens is 2. The zero-order valence-electron chi connectivity index (χ0n) is 13.6. The number of alkyl halides is 3. The summed E-state index contributed by atoms with van der Waals surface area (Å²) in [6.07, 6.45) is -1.14. The molecule has 1 aromatic heterocycles. The third kappa shape index (κ3) is 4.09. The lowest BCUT2D eigenvalue weighted by molar-refractivity contribution is -0.144. The van der Waals surface area contributed by atoms with Crippen molar-refractivity contribution in [3.8, 4) is 0 Å². The first kappa shape index (κ1) is 17.3. The largest absolute Gasteiger partial charge is 0.435 e. The third-order valence-electron chi connectivity index (χ3n) is 4.69. The lowest BCUT2D eigenvalue weighted by atomic mass is 9.94. The Morgan fingerprint density at radius 2 is 2.21 bits per heavy atom. The number of halogens is 3. The molecule has 0 aromatic carbocycles. The molecule has 134 valence electrons. The van der Waals surface area contributed by atoms with Crippen LogP contribution in [0.2, 0.25) is 0 Å². The van der Waals surface area contributed by atoms with Crippen molar-refractivity contribution in [3.63, 3.8) is 0 Å². The van der Waals surface area contributed by atoms with E-state index in [0.717, 1.165) is 31.7 Å². The SMILES string of the molecule is C[C@H](OCC1CC1)C(=O)N1CCC[C@@H](c2cc(C(F)(F)F)n[nH]2)C1. The van der Waals surface area contributed by atoms with Gasteiger partial charge in [-0.05, 0) is 44.6 Å². The predicted octanol–water partition coefficient (Wildman–Crippen LogP) is 2.95. The van der Waals surface area contributed by atoms with Crippen LogP contribution in [0.1, 0.15) is 49.9 Å². The van der Waals surface area contributed by atoms with E-state index < -0.39 is 18.0 Å². The van der Waals surface area contributed by atoms with E-state index in [1.807, 2.05) is 0 Å². The summed E-state index contributed by atoms with van der Waals surface area (Å²) in [5.74, 6) is 0.345. The zero-order chi connectivity index (χ0) is 17.3. The number of hydrogen-bond acceptors (Lipinski definition) is 3. The highest BCUT2D eigenvalue weighted by Gasteiger charge is 2.36. The number of likely N-dealkylation sites (tertiary alicyclic amines) is 1. The van der Waals surface area contributed by atoms with Gasteiger partial charge < -0.3 is 9.64 Å². The monoisotopic (exact) mass is 345 g/mol. The molecular weight excluding hydrogens is 323 g/mol. The number of H-pyrrole nitrogens is 1. The van der Waals surface area contributed by atoms with Gasteiger partial charge in [-0.25, -0.2) is 0 Å². The topological polar surface area (TPSA) is 58.2 Å². The average molecular weight is 345 g/mol. The van der Waals surface area contributed by atoms with E-state index in [1.165, 1.54) is 0 Å². The molecule has 5 nitrogen and oxygen atoms in total. The number of ether oxygens (including phenoxy) is 1. The van der Waals surface area contributed by atoms with E-state index in [0.29, 0.717) is 31.3 Å². The Hall–Kier alpha value is -1.57. The fraction of sp³-hybridized carbons (Fsp3) is 0.750. The number of nitrogens with one attached hydrogen (secondary N) is 1. The van der Waals surface area contributed by atoms with E-state index >= 15 is 0 Å². The molecule has 3 rings (SSSR count). The lowest BCUT2D eigenvalue weighted by Crippen LogP contribution is -2.44. The highest BCUT2D eigenvalue weighted by Crippen LogP contribution is 2.32. The van der Waals surface area contributed by atoms with Crippen molar-refractivity contribution >= 4 is 5.91 Å². The van der Waals surface area contributed by atoms with Crippen molar-refractivity contribution < 1.29 is 22.7 Å². The summed E-state index contributed by atoms with van der Waals surface area (Å²) in [5, 5.41) is 5.83. The number of hydrogen-bond donors (Lipinski definition) is 1. The summed E-state index contributed by atoms with van der Waals surface area (Å²) in [5.41, 5.74) is -0.478. The van der Waals surface area contributed by atoms with Crippen molar-refractivity contribution in [3.05, 3.63) is 17.5 Å². The summed E-state index contributed by atoms with van der Waals surface area (Å²) in [6.45, 7) is 3.37. The van der Waals surface area contributed by atoms with Gasteiger partial charge in [0, 0.05) is 24.7 Å². The maximum absolute atomic E-state index is 12.7. The number of piperidine rings is 1. The van der Waals surface area contributed by atoms with Crippen LogP contribution in [0.3, 0.4) is 0 Å². The van der Waals surface area contributed by atoms with Crippen LogP contribution in [0.5, 0.6) is 0 Å². The second-order valence-electron chi connectivity index (χ2n) is 6.75. The summed E-state index contributed by atoms with van der Waals surface area (Å²) >= 11 is 0. The Morgan fingerprint density at radius 3 is 2.83 bits per heavy atom. The molecule has 2 fully saturated rings. The van der Waals surface area contributed by atoms with Crippen LogP contribution < -0.4 is 0 Å². The Balaban J connectivity index is 1.58. The van der Waals surface area contributed by atoms with Crippen LogP contribution in [-0.4, -0.2) is 46.8 Å². The van der Waals surface area contributed by atoms with Crippen LogP contribution in [0.4, 0.5) is 13.2 Å². The minimum atomic E-state index is -4.45. The van der Waals surface area contributed by atoms with Crippen LogP contribution in [0.15, 0.2) is 6.07 Å². The average Bonchev–Trinajstić information content (AvgIpc) is 3.23. The van der Waals surface area contributed by atoms with Gasteiger partial charge in [0.1, 0.15) is 6.10 Å². The zero-order valence-corrected chi connectivity index (χ0v) is 13.6. The van der Waals surface area contributed by atoms with Crippen LogP contribution in [0, 0.1) is 5.92 Å². The van der Waals surface area contributed by atoms with Gasteiger partial charge in [0.05, 0.1) is 6.61 Å². The van der Waals surface area contributed by atoms with Gasteiger partial charge in [-0.3, -0.25) is 9.89 Å². The van der Waals surface area contributed by atoms with E-state index in [-0.39, 0.29) is 11.8 Å². The minimum absolute atomic E-state index is 0.0871. The molecule has 0 bridgehead atoms. The molecule has 1 amide bonds. The van der Waals surface area contributed by atoms with Gasteiger partial charge in [0.2, 0.25) is 0 Å². The van der Waals surface area contributed by atoms with Gasteiger partial charge in [-0.1, -0.05) is 0 Å². The number of carbonyl (C=O) groups excluding carboxylic acids is 1. The fourth-order valence-corrected chi connectivity index (χ4v) is 3.02. The molecule has 24 heavy (non-hydrogen) atoms. The van der Waals surface area contributed by atoms with Crippen molar-refractivity contribution in [1.29, 1.82) is 0 Å². The molecule has 1 N–H and O–H groups in total. The highest BCUT2D eigenvalue weighted by molar-refractivity contribution is 5.80. The van der Waals surface area contributed by atoms with E-state index in [1.54, 1.807) is 11.8 Å². The maximum atomic E-state index is 12.7. The second-order valence-corrected chi connectivity index (χ2v) is 6.75. The number of aromatic amines is 1. The Bertz CT molecular complexity index is 583. The van der Waals surface area contributed by atoms with Gasteiger partial charge in [-0.2, -0.15) is 18.3 Å². The van der Waals surface area contributed by atoms with E-state index in [4.69, 9.17) is 4.74 Å². The highest BCUT2D eigenvalue weighted by atomic mass is 19.4. The summed E-state index contributed by atoms with van der Waals surface area (Å²) in [4.78, 5) is 14.2. The quantitative estimate of drug-likeness (QED) is 0.893. The first-order valence-electron chi connectivity index (χ1n) is 8.37. The third-order valence-corrected chi connectivity index (χ3v) is 4.69. The number of nitrogens with zero attached hydrogens (tertiary/aromatic N) is 2. The number of rotatable bonds is 5. The molecule has 0 radical (unpaired) electrons. The second kappa shape index (κ2) is 6.74. The maximum Gasteiger partial charge on any atom is 0.435 e. The Labute approximate surface area is 138 Å². The molecule has 1 saturated carbocycles. The van der Waals surface area contributed by atoms with Gasteiger partial charge in [0.25, 0.3) is 5.91 Å². The van der Waals surface area contributed by atoms with Crippen LogP contribution >= 0.6 is 0 Å². The molecule has 2 heterocycles. The fourth-order valence-electron chi connectivity index (χ4n) is 3.02. The minimum Gasteiger partial charge on any atom is -0.368 e. The molecule has 1 aliphatic heterocycles. The van der Waals surface area contributed by atoms with Gasteiger partial charge in [0.15, 0.2) is 5.69 Å². The standard InChI is InChI=1S/C16H22F3N3O2/c1-10(24-9-11-4-5-11)15(23)22-6-2-3-12(8-22)13-7-14(21-20-13)16(17,18)19/h7,10-12H,2-6,8-9H2,1H3,(H,20,21)/t10-,12+/m0/s1. The van der Waals surface area contributed by atoms with Crippen LogP contribution in [0.25, 0.3) is 0 Å². The first-order chi connectivity index (χ1) is 11.3. The predicted molar refractivity (Wildman–Crippen MR) is 80.3 cm³/mol. The molecule has 1 saturated heterocycles. The van der Waals surface area contributed by atoms with Gasteiger partial charge in [-0.15, -0.1) is 0 Å². The van der Waals surface area contributed by atoms with E-state index in [2.05, 4.69) is 10.2 Å². The Morgan fingerprint density at radius 1 is 1.46 bits per heavy atom. The van der Waals surface area contributed by atoms with E-state index in [9.17, 15) is 18.0 Å². The summed E-state index contributed by atoms with van der Waals surface area (Å²) < 4.78 is 43.6. The molecule has 0 unspecified atom stereocenters. The Kier molecular flexibility index (Phi) is 4.85. The van der Waals surface area contributed by atoms with Crippen molar-refractivity contribution in [2.45, 2.75) is 50.8 Å². The van der Waals surface area contributed by atoms with Crippen molar-refractivity contribution in [2.75, 3.05) is 19.7 Å². The number of carbonyl (C=O) groups is 1. The van der Waals surface area contributed by atoms with Crippen molar-refractivity contribution in [2.24, 2.45) is 5.92 Å². The molecule has 1 aromatic rings. The number of amides is 1. The smallest absolute Gasteiger partial charge is 0.368 e. The lowest BCUT2D eigenvalue weighted by Gasteiger charge is -2.33. The normalized spacial score (nSPS) is 23.3. The first-order valence-corrected chi connectivity index (χ1v) is 8.37. The molecular formula is C16H22F3N3O2. The molecule has 2 atom stereocenters. The molecule has 2 aliphatic rings. The van der Waals surface area contributed by atoms with Crippen molar-refractivity contribution in [1.82, 2.24) is 15.1 Å². The van der Waals surface area contributed by atoms with Gasteiger partial charge >= 0.3 is 6.18 Å². The summed E-state index contributed by atoms with van der Waals surface area (Å²) in [6, 6.07) is 1.05. The molecule has 0 spiro atoms. The van der Waals surface area contributed by atoms with Crippen LogP contribution in [-0.2, 0) is 15.7 Å². The molecule has 1 aliphatic carbocycles.